The number of sulfone groups is 1. The number of anilines is 1. The van der Waals surface area contributed by atoms with Gasteiger partial charge in [0.2, 0.25) is 0 Å². The number of halogens is 1. The van der Waals surface area contributed by atoms with Gasteiger partial charge in [0.25, 0.3) is 5.91 Å². The van der Waals surface area contributed by atoms with Crippen LogP contribution in [0.25, 0.3) is 21.5 Å². The maximum Gasteiger partial charge on any atom is 0.327 e. The van der Waals surface area contributed by atoms with E-state index in [2.05, 4.69) is 20.6 Å². The van der Waals surface area contributed by atoms with Crippen molar-refractivity contribution in [3.8, 4) is 11.3 Å². The molecule has 0 aliphatic rings. The van der Waals surface area contributed by atoms with Gasteiger partial charge in [0.1, 0.15) is 0 Å². The van der Waals surface area contributed by atoms with Crippen molar-refractivity contribution in [1.29, 1.82) is 0 Å². The molecule has 8 nitrogen and oxygen atoms in total. The molecule has 0 aliphatic carbocycles. The summed E-state index contributed by atoms with van der Waals surface area (Å²) in [5, 5.41) is 5.10. The minimum Gasteiger partial charge on any atom is -0.283 e. The summed E-state index contributed by atoms with van der Waals surface area (Å²) in [5.74, 6) is -0.689. The Morgan fingerprint density at radius 1 is 1.06 bits per heavy atom. The lowest BCUT2D eigenvalue weighted by Crippen LogP contribution is -2.34. The SMILES string of the molecule is CS(=O)(=O)c1ccc2nc(NC(=O)NC(=O)c3cc(-c4ccccn4)ccc3Cl)sc2c1. The zero-order valence-corrected chi connectivity index (χ0v) is 18.9. The van der Waals surface area contributed by atoms with Crippen LogP contribution in [-0.2, 0) is 9.84 Å². The van der Waals surface area contributed by atoms with E-state index in [-0.39, 0.29) is 20.6 Å². The molecule has 0 bridgehead atoms. The molecule has 0 saturated carbocycles. The van der Waals surface area contributed by atoms with Gasteiger partial charge in [-0.15, -0.1) is 0 Å². The number of carbonyl (C=O) groups is 2. The number of rotatable bonds is 4. The predicted molar refractivity (Wildman–Crippen MR) is 124 cm³/mol. The first-order valence-corrected chi connectivity index (χ1v) is 12.2. The Bertz CT molecular complexity index is 1450. The third kappa shape index (κ3) is 4.77. The fourth-order valence-corrected chi connectivity index (χ4v) is 4.71. The number of nitrogens with zero attached hydrogens (tertiary/aromatic N) is 2. The van der Waals surface area contributed by atoms with Gasteiger partial charge >= 0.3 is 6.03 Å². The summed E-state index contributed by atoms with van der Waals surface area (Å²) < 4.78 is 24.0. The number of hydrogen-bond donors (Lipinski definition) is 2. The molecule has 0 saturated heterocycles. The number of benzene rings is 2. The van der Waals surface area contributed by atoms with Gasteiger partial charge in [-0.3, -0.25) is 20.4 Å². The first kappa shape index (κ1) is 21.9. The molecule has 11 heteroatoms. The second-order valence-corrected chi connectivity index (χ2v) is 10.2. The molecule has 3 amide bonds. The largest absolute Gasteiger partial charge is 0.327 e. The highest BCUT2D eigenvalue weighted by Gasteiger charge is 2.17. The molecule has 0 atom stereocenters. The van der Waals surface area contributed by atoms with Crippen LogP contribution in [0, 0.1) is 0 Å². The van der Waals surface area contributed by atoms with E-state index in [4.69, 9.17) is 11.6 Å². The number of pyridine rings is 1. The number of urea groups is 1. The molecule has 0 spiro atoms. The normalized spacial score (nSPS) is 11.3. The highest BCUT2D eigenvalue weighted by molar-refractivity contribution is 7.90. The summed E-state index contributed by atoms with van der Waals surface area (Å²) in [6.07, 6.45) is 2.75. The average molecular weight is 487 g/mol. The van der Waals surface area contributed by atoms with Crippen LogP contribution < -0.4 is 10.6 Å². The van der Waals surface area contributed by atoms with Crippen molar-refractivity contribution in [1.82, 2.24) is 15.3 Å². The number of thiazole rings is 1. The van der Waals surface area contributed by atoms with Crippen molar-refractivity contribution < 1.29 is 18.0 Å². The summed E-state index contributed by atoms with van der Waals surface area (Å²) in [7, 11) is -3.36. The first-order chi connectivity index (χ1) is 15.2. The third-order valence-corrected chi connectivity index (χ3v) is 6.78. The molecule has 0 unspecified atom stereocenters. The summed E-state index contributed by atoms with van der Waals surface area (Å²) in [6, 6.07) is 13.9. The zero-order valence-electron chi connectivity index (χ0n) is 16.5. The first-order valence-electron chi connectivity index (χ1n) is 9.14. The van der Waals surface area contributed by atoms with Crippen LogP contribution in [0.5, 0.6) is 0 Å². The van der Waals surface area contributed by atoms with Crippen LogP contribution >= 0.6 is 22.9 Å². The standard InChI is InChI=1S/C21H15ClN4O4S2/c1-32(29,30)13-6-8-17-18(11-13)31-21(24-17)26-20(28)25-19(27)14-10-12(5-7-15(14)22)16-4-2-3-9-23-16/h2-11H,1H3,(H2,24,25,26,27,28). The molecular weight excluding hydrogens is 472 g/mol. The van der Waals surface area contributed by atoms with Gasteiger partial charge in [0, 0.05) is 18.0 Å². The van der Waals surface area contributed by atoms with E-state index < -0.39 is 21.8 Å². The molecule has 32 heavy (non-hydrogen) atoms. The van der Waals surface area contributed by atoms with Crippen LogP contribution in [0.1, 0.15) is 10.4 Å². The van der Waals surface area contributed by atoms with Crippen molar-refractivity contribution in [2.75, 3.05) is 11.6 Å². The second-order valence-electron chi connectivity index (χ2n) is 6.74. The van der Waals surface area contributed by atoms with Crippen LogP contribution in [0.3, 0.4) is 0 Å². The van der Waals surface area contributed by atoms with Gasteiger partial charge in [0.05, 0.1) is 31.4 Å². The monoisotopic (exact) mass is 486 g/mol. The molecule has 0 radical (unpaired) electrons. The lowest BCUT2D eigenvalue weighted by molar-refractivity contribution is 0.0967. The number of amides is 3. The molecule has 0 fully saturated rings. The van der Waals surface area contributed by atoms with Gasteiger partial charge in [-0.25, -0.2) is 18.2 Å². The number of hydrogen-bond acceptors (Lipinski definition) is 7. The molecule has 2 heterocycles. The Balaban J connectivity index is 1.50. The van der Waals surface area contributed by atoms with Crippen molar-refractivity contribution in [2.24, 2.45) is 0 Å². The van der Waals surface area contributed by atoms with E-state index in [0.717, 1.165) is 17.6 Å². The molecule has 162 valence electrons. The van der Waals surface area contributed by atoms with Gasteiger partial charge in [-0.1, -0.05) is 35.1 Å². The molecule has 4 rings (SSSR count). The van der Waals surface area contributed by atoms with E-state index in [1.807, 2.05) is 6.07 Å². The van der Waals surface area contributed by atoms with Crippen LogP contribution in [0.4, 0.5) is 9.93 Å². The molecule has 2 aromatic heterocycles. The van der Waals surface area contributed by atoms with E-state index in [9.17, 15) is 18.0 Å². The van der Waals surface area contributed by atoms with Gasteiger partial charge in [0.15, 0.2) is 15.0 Å². The van der Waals surface area contributed by atoms with Crippen LogP contribution in [0.2, 0.25) is 5.02 Å². The fraction of sp³-hybridized carbons (Fsp3) is 0.0476. The minimum absolute atomic E-state index is 0.118. The van der Waals surface area contributed by atoms with E-state index in [1.54, 1.807) is 42.6 Å². The van der Waals surface area contributed by atoms with Gasteiger partial charge < -0.3 is 0 Å². The summed E-state index contributed by atoms with van der Waals surface area (Å²) in [5.41, 5.74) is 1.97. The lowest BCUT2D eigenvalue weighted by atomic mass is 10.1. The Hall–Kier alpha value is -3.34. The van der Waals surface area contributed by atoms with Crippen molar-refractivity contribution in [3.05, 3.63) is 71.4 Å². The quantitative estimate of drug-likeness (QED) is 0.442. The topological polar surface area (TPSA) is 118 Å². The number of nitrogens with one attached hydrogen (secondary N) is 2. The zero-order chi connectivity index (χ0) is 22.9. The van der Waals surface area contributed by atoms with Crippen molar-refractivity contribution in [3.63, 3.8) is 0 Å². The summed E-state index contributed by atoms with van der Waals surface area (Å²) >= 11 is 7.24. The Labute approximate surface area is 192 Å². The van der Waals surface area contributed by atoms with Crippen LogP contribution in [0.15, 0.2) is 65.7 Å². The second kappa shape index (κ2) is 8.65. The highest BCUT2D eigenvalue weighted by atomic mass is 35.5. The van der Waals surface area contributed by atoms with E-state index >= 15 is 0 Å². The molecule has 4 aromatic rings. The summed E-state index contributed by atoms with van der Waals surface area (Å²) in [6.45, 7) is 0. The lowest BCUT2D eigenvalue weighted by Gasteiger charge is -2.08. The van der Waals surface area contributed by atoms with Crippen LogP contribution in [-0.4, -0.2) is 36.6 Å². The molecule has 2 N–H and O–H groups in total. The Morgan fingerprint density at radius 2 is 1.88 bits per heavy atom. The smallest absolute Gasteiger partial charge is 0.283 e. The minimum atomic E-state index is -3.36. The van der Waals surface area contributed by atoms with Crippen molar-refractivity contribution in [2.45, 2.75) is 4.90 Å². The molecular formula is C21H15ClN4O4S2. The summed E-state index contributed by atoms with van der Waals surface area (Å²) in [4.78, 5) is 33.6. The number of fused-ring (bicyclic) bond motifs is 1. The maximum absolute atomic E-state index is 12.6. The highest BCUT2D eigenvalue weighted by Crippen LogP contribution is 2.28. The Morgan fingerprint density at radius 3 is 2.59 bits per heavy atom. The average Bonchev–Trinajstić information content (AvgIpc) is 3.15. The predicted octanol–water partition coefficient (Wildman–Crippen LogP) is 4.38. The van der Waals surface area contributed by atoms with E-state index in [1.165, 1.54) is 12.1 Å². The third-order valence-electron chi connectivity index (χ3n) is 4.41. The number of imide groups is 1. The fourth-order valence-electron chi connectivity index (χ4n) is 2.88. The number of carbonyl (C=O) groups excluding carboxylic acids is 2. The maximum atomic E-state index is 12.6. The Kier molecular flexibility index (Phi) is 5.92. The van der Waals surface area contributed by atoms with Crippen molar-refractivity contribution >= 4 is 60.1 Å². The van der Waals surface area contributed by atoms with E-state index in [0.29, 0.717) is 21.5 Å². The molecule has 2 aromatic carbocycles. The van der Waals surface area contributed by atoms with Gasteiger partial charge in [-0.2, -0.15) is 0 Å². The van der Waals surface area contributed by atoms with Gasteiger partial charge in [-0.05, 0) is 42.5 Å². The number of aromatic nitrogens is 2. The molecule has 0 aliphatic heterocycles.